The summed E-state index contributed by atoms with van der Waals surface area (Å²) < 4.78 is 1.55. The van der Waals surface area contributed by atoms with Crippen LogP contribution in [0.4, 0.5) is 0 Å². The highest BCUT2D eigenvalue weighted by Gasteiger charge is 2.12. The second-order valence-electron chi connectivity index (χ2n) is 2.73. The average Bonchev–Trinajstić information content (AvgIpc) is 2.77. The molecule has 0 fully saturated rings. The first kappa shape index (κ1) is 8.54. The number of Topliss-reactive ketones (excluding diaryl/α,β-unsaturated/α-hetero) is 1. The molecule has 0 aliphatic heterocycles. The van der Waals surface area contributed by atoms with Crippen molar-refractivity contribution in [3.8, 4) is 0 Å². The summed E-state index contributed by atoms with van der Waals surface area (Å²) in [4.78, 5) is 19.2. The molecule has 0 aromatic carbocycles. The number of aromatic nitrogens is 6. The van der Waals surface area contributed by atoms with E-state index in [0.717, 1.165) is 0 Å². The summed E-state index contributed by atoms with van der Waals surface area (Å²) >= 11 is 0. The Morgan fingerprint density at radius 2 is 2.36 bits per heavy atom. The monoisotopic (exact) mass is 192 g/mol. The van der Waals surface area contributed by atoms with Crippen LogP contribution in [0.3, 0.4) is 0 Å². The van der Waals surface area contributed by atoms with E-state index < -0.39 is 0 Å². The highest BCUT2D eigenvalue weighted by molar-refractivity contribution is 5.93. The third-order valence-electron chi connectivity index (χ3n) is 1.80. The lowest BCUT2D eigenvalue weighted by molar-refractivity contribution is 0.0980. The van der Waals surface area contributed by atoms with Crippen molar-refractivity contribution in [3.63, 3.8) is 0 Å². The van der Waals surface area contributed by atoms with E-state index in [2.05, 4.69) is 25.3 Å². The summed E-state index contributed by atoms with van der Waals surface area (Å²) in [5.41, 5.74) is 0. The highest BCUT2D eigenvalue weighted by atomic mass is 16.1. The Morgan fingerprint density at radius 3 is 2.93 bits per heavy atom. The van der Waals surface area contributed by atoms with Gasteiger partial charge in [0.25, 0.3) is 0 Å². The first-order chi connectivity index (χ1) is 6.77. The van der Waals surface area contributed by atoms with Crippen molar-refractivity contribution in [2.75, 3.05) is 0 Å². The molecular weight excluding hydrogens is 184 g/mol. The van der Waals surface area contributed by atoms with Crippen LogP contribution < -0.4 is 0 Å². The van der Waals surface area contributed by atoms with Gasteiger partial charge in [0.15, 0.2) is 5.82 Å². The quantitative estimate of drug-likeness (QED) is 0.653. The zero-order chi connectivity index (χ0) is 9.97. The van der Waals surface area contributed by atoms with Gasteiger partial charge in [0, 0.05) is 7.05 Å². The Bertz CT molecular complexity index is 431. The summed E-state index contributed by atoms with van der Waals surface area (Å²) in [6.45, 7) is 0. The topological polar surface area (TPSA) is 89.3 Å². The number of nitrogens with one attached hydrogen (secondary N) is 1. The van der Waals surface area contributed by atoms with E-state index in [1.165, 1.54) is 12.7 Å². The summed E-state index contributed by atoms with van der Waals surface area (Å²) in [6, 6.07) is 0. The molecule has 0 amide bonds. The number of hydrogen-bond donors (Lipinski definition) is 1. The predicted octanol–water partition coefficient (Wildman–Crippen LogP) is -0.641. The lowest BCUT2D eigenvalue weighted by atomic mass is 10.2. The number of aryl methyl sites for hydroxylation is 1. The number of rotatable bonds is 3. The van der Waals surface area contributed by atoms with Crippen LogP contribution in [0.2, 0.25) is 0 Å². The molecule has 0 radical (unpaired) electrons. The Labute approximate surface area is 79.2 Å². The molecule has 0 aliphatic carbocycles. The maximum atomic E-state index is 11.5. The molecule has 0 saturated carbocycles. The molecule has 2 heterocycles. The maximum Gasteiger partial charge on any atom is 0.207 e. The van der Waals surface area contributed by atoms with Crippen LogP contribution in [-0.4, -0.2) is 35.7 Å². The Morgan fingerprint density at radius 1 is 1.50 bits per heavy atom. The molecule has 0 aliphatic rings. The molecule has 0 atom stereocenters. The fourth-order valence-electron chi connectivity index (χ4n) is 1.05. The SMILES string of the molecule is Cn1ncnc1CC(=O)c1ncn[nH]1. The molecule has 7 heteroatoms. The van der Waals surface area contributed by atoms with Gasteiger partial charge in [0.2, 0.25) is 5.78 Å². The summed E-state index contributed by atoms with van der Waals surface area (Å²) in [6.07, 6.45) is 2.87. The van der Waals surface area contributed by atoms with Crippen LogP contribution in [0.1, 0.15) is 16.4 Å². The largest absolute Gasteiger partial charge is 0.290 e. The van der Waals surface area contributed by atoms with Crippen molar-refractivity contribution in [2.45, 2.75) is 6.42 Å². The van der Waals surface area contributed by atoms with Crippen LogP contribution in [0, 0.1) is 0 Å². The van der Waals surface area contributed by atoms with E-state index >= 15 is 0 Å². The first-order valence-electron chi connectivity index (χ1n) is 3.99. The molecule has 0 unspecified atom stereocenters. The Kier molecular flexibility index (Phi) is 2.05. The van der Waals surface area contributed by atoms with Gasteiger partial charge in [0.05, 0.1) is 6.42 Å². The minimum absolute atomic E-state index is 0.154. The van der Waals surface area contributed by atoms with Crippen molar-refractivity contribution in [2.24, 2.45) is 7.05 Å². The standard InChI is InChI=1S/C7H8N6O/c1-13-6(8-4-11-13)2-5(14)7-9-3-10-12-7/h3-4H,2H2,1H3,(H,9,10,12). The van der Waals surface area contributed by atoms with E-state index in [1.54, 1.807) is 11.7 Å². The fraction of sp³-hybridized carbons (Fsp3) is 0.286. The lowest BCUT2D eigenvalue weighted by Gasteiger charge is -1.96. The van der Waals surface area contributed by atoms with E-state index in [9.17, 15) is 4.79 Å². The first-order valence-corrected chi connectivity index (χ1v) is 3.99. The molecule has 2 aromatic heterocycles. The molecule has 0 bridgehead atoms. The molecule has 72 valence electrons. The zero-order valence-corrected chi connectivity index (χ0v) is 7.51. The van der Waals surface area contributed by atoms with Gasteiger partial charge >= 0.3 is 0 Å². The van der Waals surface area contributed by atoms with Crippen molar-refractivity contribution in [3.05, 3.63) is 24.3 Å². The Balaban J connectivity index is 2.13. The van der Waals surface area contributed by atoms with E-state index in [1.807, 2.05) is 0 Å². The van der Waals surface area contributed by atoms with Crippen molar-refractivity contribution >= 4 is 5.78 Å². The fourth-order valence-corrected chi connectivity index (χ4v) is 1.05. The minimum atomic E-state index is -0.154. The normalized spacial score (nSPS) is 10.4. The van der Waals surface area contributed by atoms with Gasteiger partial charge in [-0.2, -0.15) is 10.2 Å². The smallest absolute Gasteiger partial charge is 0.207 e. The molecule has 1 N–H and O–H groups in total. The molecule has 0 saturated heterocycles. The van der Waals surface area contributed by atoms with Gasteiger partial charge in [-0.1, -0.05) is 0 Å². The van der Waals surface area contributed by atoms with Crippen LogP contribution >= 0.6 is 0 Å². The molecule has 2 rings (SSSR count). The minimum Gasteiger partial charge on any atom is -0.290 e. The second-order valence-corrected chi connectivity index (χ2v) is 2.73. The van der Waals surface area contributed by atoms with Crippen molar-refractivity contribution < 1.29 is 4.79 Å². The van der Waals surface area contributed by atoms with E-state index in [-0.39, 0.29) is 18.0 Å². The van der Waals surface area contributed by atoms with Crippen LogP contribution in [0.25, 0.3) is 0 Å². The van der Waals surface area contributed by atoms with E-state index in [4.69, 9.17) is 0 Å². The molecule has 7 nitrogen and oxygen atoms in total. The number of carbonyl (C=O) groups is 1. The number of carbonyl (C=O) groups excluding carboxylic acids is 1. The zero-order valence-electron chi connectivity index (χ0n) is 7.51. The van der Waals surface area contributed by atoms with Gasteiger partial charge in [-0.15, -0.1) is 0 Å². The summed E-state index contributed by atoms with van der Waals surface area (Å²) in [5, 5.41) is 9.95. The third-order valence-corrected chi connectivity index (χ3v) is 1.80. The van der Waals surface area contributed by atoms with Crippen molar-refractivity contribution in [1.82, 2.24) is 29.9 Å². The van der Waals surface area contributed by atoms with Crippen LogP contribution in [0.5, 0.6) is 0 Å². The average molecular weight is 192 g/mol. The number of H-pyrrole nitrogens is 1. The van der Waals surface area contributed by atoms with Gasteiger partial charge in [0.1, 0.15) is 18.5 Å². The Hall–Kier alpha value is -2.05. The molecular formula is C7H8N6O. The third kappa shape index (κ3) is 1.51. The number of nitrogens with zero attached hydrogens (tertiary/aromatic N) is 5. The van der Waals surface area contributed by atoms with Gasteiger partial charge in [-0.25, -0.2) is 9.97 Å². The lowest BCUT2D eigenvalue weighted by Crippen LogP contribution is -2.10. The number of hydrogen-bond acceptors (Lipinski definition) is 5. The second kappa shape index (κ2) is 3.36. The summed E-state index contributed by atoms with van der Waals surface area (Å²) in [5.74, 6) is 0.693. The van der Waals surface area contributed by atoms with Crippen molar-refractivity contribution in [1.29, 1.82) is 0 Å². The van der Waals surface area contributed by atoms with Gasteiger partial charge < -0.3 is 0 Å². The number of aromatic amines is 1. The molecule has 14 heavy (non-hydrogen) atoms. The molecule has 2 aromatic rings. The van der Waals surface area contributed by atoms with E-state index in [0.29, 0.717) is 5.82 Å². The highest BCUT2D eigenvalue weighted by Crippen LogP contribution is 1.98. The maximum absolute atomic E-state index is 11.5. The van der Waals surface area contributed by atoms with Gasteiger partial charge in [-0.3, -0.25) is 14.6 Å². The summed E-state index contributed by atoms with van der Waals surface area (Å²) in [7, 11) is 1.73. The van der Waals surface area contributed by atoms with Crippen LogP contribution in [-0.2, 0) is 13.5 Å². The molecule has 0 spiro atoms. The number of ketones is 1. The predicted molar refractivity (Wildman–Crippen MR) is 45.4 cm³/mol. The van der Waals surface area contributed by atoms with Crippen LogP contribution in [0.15, 0.2) is 12.7 Å². The van der Waals surface area contributed by atoms with Gasteiger partial charge in [-0.05, 0) is 0 Å².